The average molecular weight is 362 g/mol. The maximum Gasteiger partial charge on any atom is 0.264 e. The van der Waals surface area contributed by atoms with Crippen molar-refractivity contribution in [2.24, 2.45) is 5.92 Å². The lowest BCUT2D eigenvalue weighted by Gasteiger charge is -2.17. The van der Waals surface area contributed by atoms with Crippen molar-refractivity contribution in [3.8, 4) is 0 Å². The molecule has 1 aliphatic carbocycles. The fourth-order valence-electron chi connectivity index (χ4n) is 3.80. The third-order valence-electron chi connectivity index (χ3n) is 5.42. The van der Waals surface area contributed by atoms with E-state index >= 15 is 0 Å². The summed E-state index contributed by atoms with van der Waals surface area (Å²) in [5.74, 6) is 0.744. The van der Waals surface area contributed by atoms with Crippen LogP contribution in [0.4, 0.5) is 0 Å². The Morgan fingerprint density at radius 2 is 2.00 bits per heavy atom. The summed E-state index contributed by atoms with van der Waals surface area (Å²) >= 11 is 1.34. The first-order valence-corrected chi connectivity index (χ1v) is 10.2. The Kier molecular flexibility index (Phi) is 5.57. The van der Waals surface area contributed by atoms with Crippen molar-refractivity contribution in [1.82, 2.24) is 14.5 Å². The molecule has 0 aromatic carbocycles. The SMILES string of the molecule is CCN(CC)C(=O)c1sc2ncn(CCC3CCCC3)c(=O)c2c1C. The summed E-state index contributed by atoms with van der Waals surface area (Å²) in [4.78, 5) is 33.2. The molecule has 1 fully saturated rings. The van der Waals surface area contributed by atoms with Gasteiger partial charge in [0.2, 0.25) is 0 Å². The van der Waals surface area contributed by atoms with Crippen LogP contribution in [0.5, 0.6) is 0 Å². The van der Waals surface area contributed by atoms with Gasteiger partial charge in [0.05, 0.1) is 16.6 Å². The van der Waals surface area contributed by atoms with Crippen molar-refractivity contribution in [3.63, 3.8) is 0 Å². The molecule has 0 radical (unpaired) electrons. The topological polar surface area (TPSA) is 55.2 Å². The Bertz CT molecular complexity index is 814. The molecular weight excluding hydrogens is 334 g/mol. The van der Waals surface area contributed by atoms with Crippen LogP contribution in [-0.4, -0.2) is 33.4 Å². The maximum atomic E-state index is 12.9. The highest BCUT2D eigenvalue weighted by molar-refractivity contribution is 7.20. The number of nitrogens with zero attached hydrogens (tertiary/aromatic N) is 3. The molecule has 1 aliphatic rings. The lowest BCUT2D eigenvalue weighted by Crippen LogP contribution is -2.30. The van der Waals surface area contributed by atoms with Crippen LogP contribution in [0.15, 0.2) is 11.1 Å². The molecule has 0 N–H and O–H groups in total. The van der Waals surface area contributed by atoms with E-state index in [1.165, 1.54) is 37.0 Å². The highest BCUT2D eigenvalue weighted by Crippen LogP contribution is 2.29. The summed E-state index contributed by atoms with van der Waals surface area (Å²) in [5.41, 5.74) is 0.778. The van der Waals surface area contributed by atoms with E-state index in [1.807, 2.05) is 20.8 Å². The molecule has 25 heavy (non-hydrogen) atoms. The molecule has 0 atom stereocenters. The molecule has 6 heteroatoms. The van der Waals surface area contributed by atoms with E-state index < -0.39 is 0 Å². The molecule has 0 spiro atoms. The minimum atomic E-state index is -0.00431. The number of carbonyl (C=O) groups is 1. The second-order valence-corrected chi connectivity index (χ2v) is 7.90. The van der Waals surface area contributed by atoms with Crippen molar-refractivity contribution < 1.29 is 4.79 Å². The lowest BCUT2D eigenvalue weighted by atomic mass is 10.0. The Balaban J connectivity index is 1.91. The van der Waals surface area contributed by atoms with Gasteiger partial charge in [0.1, 0.15) is 4.83 Å². The number of amides is 1. The summed E-state index contributed by atoms with van der Waals surface area (Å²) in [6, 6.07) is 0. The Morgan fingerprint density at radius 1 is 1.32 bits per heavy atom. The second kappa shape index (κ2) is 7.68. The molecule has 0 aliphatic heterocycles. The van der Waals surface area contributed by atoms with Gasteiger partial charge in [0.15, 0.2) is 0 Å². The van der Waals surface area contributed by atoms with E-state index in [0.717, 1.165) is 24.4 Å². The van der Waals surface area contributed by atoms with Crippen LogP contribution in [0.2, 0.25) is 0 Å². The van der Waals surface area contributed by atoms with E-state index in [0.29, 0.717) is 28.2 Å². The van der Waals surface area contributed by atoms with E-state index in [1.54, 1.807) is 15.8 Å². The van der Waals surface area contributed by atoms with Crippen LogP contribution in [-0.2, 0) is 6.54 Å². The molecular formula is C19H27N3O2S. The fraction of sp³-hybridized carbons (Fsp3) is 0.632. The van der Waals surface area contributed by atoms with Gasteiger partial charge in [-0.1, -0.05) is 25.7 Å². The molecule has 2 aromatic rings. The van der Waals surface area contributed by atoms with Crippen molar-refractivity contribution >= 4 is 27.5 Å². The zero-order valence-electron chi connectivity index (χ0n) is 15.4. The molecule has 0 bridgehead atoms. The van der Waals surface area contributed by atoms with Crippen LogP contribution in [0, 0.1) is 12.8 Å². The average Bonchev–Trinajstić information content (AvgIpc) is 3.23. The number of rotatable bonds is 6. The van der Waals surface area contributed by atoms with Crippen LogP contribution in [0.1, 0.15) is 61.2 Å². The second-order valence-electron chi connectivity index (χ2n) is 6.90. The number of hydrogen-bond donors (Lipinski definition) is 0. The van der Waals surface area contributed by atoms with Gasteiger partial charge in [0.25, 0.3) is 11.5 Å². The molecule has 136 valence electrons. The molecule has 1 amide bonds. The predicted octanol–water partition coefficient (Wildman–Crippen LogP) is 3.83. The third kappa shape index (κ3) is 3.50. The third-order valence-corrected chi connectivity index (χ3v) is 6.60. The summed E-state index contributed by atoms with van der Waals surface area (Å²) in [6.45, 7) is 7.88. The smallest absolute Gasteiger partial charge is 0.264 e. The van der Waals surface area contributed by atoms with Gasteiger partial charge in [-0.2, -0.15) is 0 Å². The fourth-order valence-corrected chi connectivity index (χ4v) is 4.90. The number of hydrogen-bond acceptors (Lipinski definition) is 4. The van der Waals surface area contributed by atoms with E-state index in [9.17, 15) is 9.59 Å². The summed E-state index contributed by atoms with van der Waals surface area (Å²) in [6.07, 6.45) is 7.90. The zero-order chi connectivity index (χ0) is 18.0. The first-order valence-electron chi connectivity index (χ1n) is 9.34. The number of carbonyl (C=O) groups excluding carboxylic acids is 1. The van der Waals surface area contributed by atoms with Gasteiger partial charge in [-0.25, -0.2) is 4.98 Å². The van der Waals surface area contributed by atoms with Crippen LogP contribution < -0.4 is 5.56 Å². The minimum absolute atomic E-state index is 0.00223. The van der Waals surface area contributed by atoms with E-state index in [-0.39, 0.29) is 11.5 Å². The molecule has 5 nitrogen and oxygen atoms in total. The van der Waals surface area contributed by atoms with Gasteiger partial charge in [-0.3, -0.25) is 14.2 Å². The summed E-state index contributed by atoms with van der Waals surface area (Å²) < 4.78 is 1.73. The standard InChI is InChI=1S/C19H27N3O2S/c1-4-21(5-2)19(24)16-13(3)15-17(25-16)20-12-22(18(15)23)11-10-14-8-6-7-9-14/h12,14H,4-11H2,1-3H3. The molecule has 2 aromatic heterocycles. The van der Waals surface area contributed by atoms with Crippen LogP contribution in [0.3, 0.4) is 0 Å². The number of aromatic nitrogens is 2. The first-order chi connectivity index (χ1) is 12.1. The van der Waals surface area contributed by atoms with Crippen LogP contribution in [0.25, 0.3) is 10.2 Å². The number of aryl methyl sites for hydroxylation is 2. The van der Waals surface area contributed by atoms with Gasteiger partial charge < -0.3 is 4.90 Å². The molecule has 0 unspecified atom stereocenters. The molecule has 1 saturated carbocycles. The molecule has 2 heterocycles. The molecule has 3 rings (SSSR count). The Labute approximate surface area is 152 Å². The van der Waals surface area contributed by atoms with Gasteiger partial charge in [0, 0.05) is 19.6 Å². The normalized spacial score (nSPS) is 15.2. The van der Waals surface area contributed by atoms with Gasteiger partial charge in [-0.05, 0) is 38.7 Å². The number of fused-ring (bicyclic) bond motifs is 1. The van der Waals surface area contributed by atoms with Gasteiger partial charge in [-0.15, -0.1) is 11.3 Å². The zero-order valence-corrected chi connectivity index (χ0v) is 16.2. The van der Waals surface area contributed by atoms with Crippen LogP contribution >= 0.6 is 11.3 Å². The minimum Gasteiger partial charge on any atom is -0.338 e. The quantitative estimate of drug-likeness (QED) is 0.786. The summed E-state index contributed by atoms with van der Waals surface area (Å²) in [7, 11) is 0. The van der Waals surface area contributed by atoms with Crippen molar-refractivity contribution in [2.45, 2.75) is 59.4 Å². The Hall–Kier alpha value is -1.69. The Morgan fingerprint density at radius 3 is 2.64 bits per heavy atom. The van der Waals surface area contributed by atoms with Crippen molar-refractivity contribution in [3.05, 3.63) is 27.1 Å². The maximum absolute atomic E-state index is 12.9. The summed E-state index contributed by atoms with van der Waals surface area (Å²) in [5, 5.41) is 0.620. The number of thiophene rings is 1. The molecule has 0 saturated heterocycles. The first kappa shape index (κ1) is 18.1. The van der Waals surface area contributed by atoms with Gasteiger partial charge >= 0.3 is 0 Å². The largest absolute Gasteiger partial charge is 0.338 e. The monoisotopic (exact) mass is 361 g/mol. The highest BCUT2D eigenvalue weighted by Gasteiger charge is 2.22. The predicted molar refractivity (Wildman–Crippen MR) is 102 cm³/mol. The van der Waals surface area contributed by atoms with Crippen molar-refractivity contribution in [1.29, 1.82) is 0 Å². The van der Waals surface area contributed by atoms with E-state index in [2.05, 4.69) is 4.98 Å². The lowest BCUT2D eigenvalue weighted by molar-refractivity contribution is 0.0777. The van der Waals surface area contributed by atoms with Crippen molar-refractivity contribution in [2.75, 3.05) is 13.1 Å². The van der Waals surface area contributed by atoms with E-state index in [4.69, 9.17) is 0 Å². The highest BCUT2D eigenvalue weighted by atomic mass is 32.1.